The van der Waals surface area contributed by atoms with Crippen LogP contribution in [0.1, 0.15) is 40.0 Å². The molecule has 4 heteroatoms. The summed E-state index contributed by atoms with van der Waals surface area (Å²) in [7, 11) is 0. The van der Waals surface area contributed by atoms with Crippen LogP contribution in [0.25, 0.3) is 0 Å². The Labute approximate surface area is 101 Å². The lowest BCUT2D eigenvalue weighted by Gasteiger charge is -2.32. The molecule has 0 amide bonds. The third-order valence-corrected chi connectivity index (χ3v) is 3.47. The summed E-state index contributed by atoms with van der Waals surface area (Å²) in [6.45, 7) is 5.37. The molecule has 94 valence electrons. The third kappa shape index (κ3) is 2.25. The van der Waals surface area contributed by atoms with Gasteiger partial charge in [-0.15, -0.1) is 0 Å². The van der Waals surface area contributed by atoms with Gasteiger partial charge in [0.25, 0.3) is 0 Å². The van der Waals surface area contributed by atoms with E-state index in [-0.39, 0.29) is 12.0 Å². The second-order valence-corrected chi connectivity index (χ2v) is 4.50. The quantitative estimate of drug-likeness (QED) is 0.789. The molecule has 0 saturated heterocycles. The van der Waals surface area contributed by atoms with Crippen LogP contribution in [0.3, 0.4) is 0 Å². The summed E-state index contributed by atoms with van der Waals surface area (Å²) < 4.78 is 0. The summed E-state index contributed by atoms with van der Waals surface area (Å²) in [5.74, 6) is -1.97. The fraction of sp³-hybridized carbons (Fsp3) is 0.538. The fourth-order valence-electron chi connectivity index (χ4n) is 2.27. The van der Waals surface area contributed by atoms with Gasteiger partial charge in [0.15, 0.2) is 0 Å². The number of hydrogen-bond acceptors (Lipinski definition) is 2. The fourth-order valence-corrected chi connectivity index (χ4v) is 2.27. The Hall–Kier alpha value is -1.58. The zero-order valence-electron chi connectivity index (χ0n) is 10.4. The highest BCUT2D eigenvalue weighted by atomic mass is 16.4. The zero-order valence-corrected chi connectivity index (χ0v) is 10.4. The van der Waals surface area contributed by atoms with E-state index in [1.807, 2.05) is 13.8 Å². The second kappa shape index (κ2) is 4.73. The lowest BCUT2D eigenvalue weighted by molar-refractivity contribution is -0.146. The van der Waals surface area contributed by atoms with Gasteiger partial charge in [-0.3, -0.25) is 4.79 Å². The largest absolute Gasteiger partial charge is 0.481 e. The van der Waals surface area contributed by atoms with E-state index in [9.17, 15) is 14.7 Å². The van der Waals surface area contributed by atoms with Crippen molar-refractivity contribution < 1.29 is 19.8 Å². The number of carboxylic acids is 2. The van der Waals surface area contributed by atoms with Crippen LogP contribution in [0.5, 0.6) is 0 Å². The summed E-state index contributed by atoms with van der Waals surface area (Å²) in [5.41, 5.74) is 0.691. The Morgan fingerprint density at radius 2 is 1.88 bits per heavy atom. The zero-order chi connectivity index (χ0) is 13.2. The molecule has 0 aromatic rings. The van der Waals surface area contributed by atoms with E-state index in [0.29, 0.717) is 12.8 Å². The monoisotopic (exact) mass is 238 g/mol. The van der Waals surface area contributed by atoms with Crippen LogP contribution in [-0.2, 0) is 9.59 Å². The number of carboxylic acid groups (broad SMARTS) is 2. The summed E-state index contributed by atoms with van der Waals surface area (Å²) in [5, 5.41) is 18.4. The van der Waals surface area contributed by atoms with Crippen molar-refractivity contribution in [2.45, 2.75) is 40.0 Å². The summed E-state index contributed by atoms with van der Waals surface area (Å²) in [4.78, 5) is 22.5. The smallest absolute Gasteiger partial charge is 0.331 e. The van der Waals surface area contributed by atoms with Gasteiger partial charge >= 0.3 is 11.9 Å². The number of aliphatic carboxylic acids is 2. The molecule has 1 aliphatic rings. The van der Waals surface area contributed by atoms with E-state index in [0.717, 1.165) is 11.1 Å². The van der Waals surface area contributed by atoms with Crippen LogP contribution >= 0.6 is 0 Å². The minimum atomic E-state index is -1.08. The predicted octanol–water partition coefficient (Wildman–Crippen LogP) is 2.61. The number of rotatable bonds is 4. The Morgan fingerprint density at radius 3 is 2.24 bits per heavy atom. The van der Waals surface area contributed by atoms with E-state index < -0.39 is 17.4 Å². The lowest BCUT2D eigenvalue weighted by atomic mass is 9.70. The molecule has 1 rings (SSSR count). The van der Waals surface area contributed by atoms with Crippen molar-refractivity contribution in [1.29, 1.82) is 0 Å². The molecule has 1 unspecified atom stereocenters. The maximum absolute atomic E-state index is 11.4. The number of carbonyl (C=O) groups is 2. The number of allylic oxidation sites excluding steroid dienone is 2. The van der Waals surface area contributed by atoms with Gasteiger partial charge in [0.1, 0.15) is 0 Å². The van der Waals surface area contributed by atoms with Gasteiger partial charge in [-0.1, -0.05) is 25.5 Å². The van der Waals surface area contributed by atoms with Crippen molar-refractivity contribution in [2.24, 2.45) is 5.41 Å². The molecule has 17 heavy (non-hydrogen) atoms. The first kappa shape index (κ1) is 13.5. The normalized spacial score (nSPS) is 24.5. The van der Waals surface area contributed by atoms with Crippen molar-refractivity contribution in [3.8, 4) is 0 Å². The first-order valence-corrected chi connectivity index (χ1v) is 5.76. The van der Waals surface area contributed by atoms with Crippen molar-refractivity contribution >= 4 is 11.9 Å². The topological polar surface area (TPSA) is 74.6 Å². The van der Waals surface area contributed by atoms with Crippen molar-refractivity contribution in [3.63, 3.8) is 0 Å². The van der Waals surface area contributed by atoms with E-state index in [4.69, 9.17) is 5.11 Å². The molecular formula is C13H18O4. The van der Waals surface area contributed by atoms with E-state index in [1.54, 1.807) is 13.0 Å². The van der Waals surface area contributed by atoms with Crippen molar-refractivity contribution in [2.75, 3.05) is 0 Å². The molecule has 0 radical (unpaired) electrons. The first-order chi connectivity index (χ1) is 7.86. The molecule has 0 saturated carbocycles. The molecule has 0 fully saturated rings. The van der Waals surface area contributed by atoms with Gasteiger partial charge in [0.05, 0.1) is 5.41 Å². The Bertz CT molecular complexity index is 417. The Kier molecular flexibility index (Phi) is 3.76. The van der Waals surface area contributed by atoms with Gasteiger partial charge in [-0.2, -0.15) is 0 Å². The Morgan fingerprint density at radius 1 is 1.29 bits per heavy atom. The van der Waals surface area contributed by atoms with Gasteiger partial charge in [-0.25, -0.2) is 4.79 Å². The number of hydrogen-bond donors (Lipinski definition) is 2. The highest BCUT2D eigenvalue weighted by Gasteiger charge is 2.41. The minimum absolute atomic E-state index is 0.0700. The molecule has 1 atom stereocenters. The minimum Gasteiger partial charge on any atom is -0.481 e. The average Bonchev–Trinajstić information content (AvgIpc) is 2.28. The summed E-state index contributed by atoms with van der Waals surface area (Å²) in [6, 6.07) is 0. The molecule has 0 aliphatic heterocycles. The molecule has 2 N–H and O–H groups in total. The maximum atomic E-state index is 11.4. The molecular weight excluding hydrogens is 220 g/mol. The third-order valence-electron chi connectivity index (χ3n) is 3.47. The van der Waals surface area contributed by atoms with Gasteiger partial charge in [-0.05, 0) is 31.8 Å². The predicted molar refractivity (Wildman–Crippen MR) is 63.7 cm³/mol. The standard InChI is InChI=1S/C13H18O4/c1-4-8-6-9(5-2)13(3,12(16)17)7-10(8)11(14)15/h6H,4-5,7H2,1-3H3,(H,14,15)(H,16,17). The van der Waals surface area contributed by atoms with Crippen LogP contribution in [0.15, 0.2) is 22.8 Å². The first-order valence-electron chi connectivity index (χ1n) is 5.76. The molecule has 4 nitrogen and oxygen atoms in total. The average molecular weight is 238 g/mol. The Balaban J connectivity index is 3.33. The molecule has 0 bridgehead atoms. The summed E-state index contributed by atoms with van der Waals surface area (Å²) in [6.07, 6.45) is 3.06. The maximum Gasteiger partial charge on any atom is 0.331 e. The highest BCUT2D eigenvalue weighted by molar-refractivity contribution is 5.91. The molecule has 1 aliphatic carbocycles. The molecule has 0 aromatic carbocycles. The van der Waals surface area contributed by atoms with Gasteiger partial charge < -0.3 is 10.2 Å². The second-order valence-electron chi connectivity index (χ2n) is 4.50. The van der Waals surface area contributed by atoms with Crippen LogP contribution in [0.4, 0.5) is 0 Å². The van der Waals surface area contributed by atoms with Gasteiger partial charge in [0, 0.05) is 5.57 Å². The summed E-state index contributed by atoms with van der Waals surface area (Å²) >= 11 is 0. The van der Waals surface area contributed by atoms with E-state index >= 15 is 0 Å². The highest BCUT2D eigenvalue weighted by Crippen LogP contribution is 2.42. The van der Waals surface area contributed by atoms with Crippen LogP contribution in [-0.4, -0.2) is 22.2 Å². The molecule has 0 aromatic heterocycles. The van der Waals surface area contributed by atoms with Crippen molar-refractivity contribution in [3.05, 3.63) is 22.8 Å². The van der Waals surface area contributed by atoms with E-state index in [1.165, 1.54) is 0 Å². The van der Waals surface area contributed by atoms with Gasteiger partial charge in [0.2, 0.25) is 0 Å². The van der Waals surface area contributed by atoms with E-state index in [2.05, 4.69) is 0 Å². The van der Waals surface area contributed by atoms with Crippen LogP contribution in [0.2, 0.25) is 0 Å². The SMILES string of the molecule is CCC1=CC(CC)=C(C(=O)O)CC1(C)C(=O)O. The molecule has 0 heterocycles. The van der Waals surface area contributed by atoms with Crippen molar-refractivity contribution in [1.82, 2.24) is 0 Å². The lowest BCUT2D eigenvalue weighted by Crippen LogP contribution is -2.34. The van der Waals surface area contributed by atoms with Crippen LogP contribution in [0, 0.1) is 5.41 Å². The molecule has 0 spiro atoms. The van der Waals surface area contributed by atoms with Crippen LogP contribution < -0.4 is 0 Å².